The monoisotopic (exact) mass is 324 g/mol. The smallest absolute Gasteiger partial charge is 0.0720 e. The Morgan fingerprint density at radius 2 is 1.12 bits per heavy atom. The molecule has 4 heterocycles. The van der Waals surface area contributed by atoms with Crippen molar-refractivity contribution in [3.63, 3.8) is 0 Å². The molecule has 4 nitrogen and oxygen atoms in total. The van der Waals surface area contributed by atoms with Crippen LogP contribution in [0.25, 0.3) is 22.5 Å². The second-order valence-electron chi connectivity index (χ2n) is 5.76. The van der Waals surface area contributed by atoms with E-state index >= 15 is 0 Å². The van der Waals surface area contributed by atoms with Crippen LogP contribution in [0.4, 0.5) is 0 Å². The predicted molar refractivity (Wildman–Crippen MR) is 97.7 cm³/mol. The fourth-order valence-electron chi connectivity index (χ4n) is 2.75. The van der Waals surface area contributed by atoms with Gasteiger partial charge in [0.15, 0.2) is 0 Å². The molecule has 0 aliphatic carbocycles. The minimum Gasteiger partial charge on any atom is -0.264 e. The maximum Gasteiger partial charge on any atom is 0.0720 e. The number of pyridine rings is 4. The lowest BCUT2D eigenvalue weighted by Crippen LogP contribution is -1.93. The molecule has 0 N–H and O–H groups in total. The Morgan fingerprint density at radius 3 is 1.56 bits per heavy atom. The number of hydrogen-bond acceptors (Lipinski definition) is 4. The van der Waals surface area contributed by atoms with Gasteiger partial charge in [-0.15, -0.1) is 0 Å². The Labute approximate surface area is 146 Å². The highest BCUT2D eigenvalue weighted by atomic mass is 14.7. The van der Waals surface area contributed by atoms with Crippen molar-refractivity contribution in [2.75, 3.05) is 0 Å². The quantitative estimate of drug-likeness (QED) is 0.565. The molecule has 0 saturated carbocycles. The molecule has 4 heteroatoms. The SMILES string of the molecule is c1cncc(-c2cc(Cc3ccnc(-c4cccnc4)c3)ccn2)c1. The Bertz CT molecular complexity index is 888. The summed E-state index contributed by atoms with van der Waals surface area (Å²) in [6, 6.07) is 16.2. The highest BCUT2D eigenvalue weighted by Gasteiger charge is 2.04. The van der Waals surface area contributed by atoms with E-state index in [9.17, 15) is 0 Å². The zero-order chi connectivity index (χ0) is 16.9. The zero-order valence-electron chi connectivity index (χ0n) is 13.6. The van der Waals surface area contributed by atoms with Crippen LogP contribution in [-0.2, 0) is 6.42 Å². The van der Waals surface area contributed by atoms with E-state index in [4.69, 9.17) is 0 Å². The summed E-state index contributed by atoms with van der Waals surface area (Å²) < 4.78 is 0. The molecular weight excluding hydrogens is 308 g/mol. The molecule has 0 atom stereocenters. The number of rotatable bonds is 4. The Morgan fingerprint density at radius 1 is 0.600 bits per heavy atom. The summed E-state index contributed by atoms with van der Waals surface area (Å²) >= 11 is 0. The van der Waals surface area contributed by atoms with Gasteiger partial charge < -0.3 is 0 Å². The van der Waals surface area contributed by atoms with Crippen LogP contribution in [0, 0.1) is 0 Å². The topological polar surface area (TPSA) is 51.6 Å². The van der Waals surface area contributed by atoms with E-state index in [2.05, 4.69) is 32.1 Å². The number of nitrogens with zero attached hydrogens (tertiary/aromatic N) is 4. The molecule has 0 bridgehead atoms. The van der Waals surface area contributed by atoms with Gasteiger partial charge in [-0.1, -0.05) is 0 Å². The van der Waals surface area contributed by atoms with Crippen LogP contribution < -0.4 is 0 Å². The summed E-state index contributed by atoms with van der Waals surface area (Å²) in [7, 11) is 0. The fraction of sp³-hybridized carbons (Fsp3) is 0.0476. The second kappa shape index (κ2) is 7.01. The first-order chi connectivity index (χ1) is 12.4. The van der Waals surface area contributed by atoms with Crippen LogP contribution in [0.3, 0.4) is 0 Å². The van der Waals surface area contributed by atoms with Crippen molar-refractivity contribution in [3.05, 3.63) is 96.8 Å². The maximum absolute atomic E-state index is 4.46. The molecule has 4 aromatic rings. The van der Waals surface area contributed by atoms with Gasteiger partial charge in [0, 0.05) is 48.3 Å². The van der Waals surface area contributed by atoms with Gasteiger partial charge in [-0.3, -0.25) is 19.9 Å². The number of aromatic nitrogens is 4. The lowest BCUT2D eigenvalue weighted by Gasteiger charge is -2.07. The van der Waals surface area contributed by atoms with Crippen LogP contribution >= 0.6 is 0 Å². The first-order valence-electron chi connectivity index (χ1n) is 8.09. The van der Waals surface area contributed by atoms with Gasteiger partial charge in [0.2, 0.25) is 0 Å². The Balaban J connectivity index is 1.61. The van der Waals surface area contributed by atoms with Gasteiger partial charge in [0.25, 0.3) is 0 Å². The summed E-state index contributed by atoms with van der Waals surface area (Å²) in [4.78, 5) is 17.2. The predicted octanol–water partition coefficient (Wildman–Crippen LogP) is 4.19. The molecule has 0 aliphatic rings. The number of hydrogen-bond donors (Lipinski definition) is 0. The average Bonchev–Trinajstić information content (AvgIpc) is 2.70. The van der Waals surface area contributed by atoms with Gasteiger partial charge >= 0.3 is 0 Å². The molecule has 0 fully saturated rings. The third-order valence-corrected chi connectivity index (χ3v) is 3.97. The molecule has 0 spiro atoms. The second-order valence-corrected chi connectivity index (χ2v) is 5.76. The normalized spacial score (nSPS) is 10.6. The summed E-state index contributed by atoms with van der Waals surface area (Å²) in [5.41, 5.74) is 6.33. The molecule has 0 saturated heterocycles. The van der Waals surface area contributed by atoms with Crippen molar-refractivity contribution in [1.82, 2.24) is 19.9 Å². The van der Waals surface area contributed by atoms with E-state index in [1.807, 2.05) is 61.2 Å². The van der Waals surface area contributed by atoms with E-state index in [0.29, 0.717) is 0 Å². The lowest BCUT2D eigenvalue weighted by molar-refractivity contribution is 1.14. The first kappa shape index (κ1) is 15.1. The summed E-state index contributed by atoms with van der Waals surface area (Å²) in [5.74, 6) is 0. The molecule has 0 aromatic carbocycles. The van der Waals surface area contributed by atoms with E-state index in [1.54, 1.807) is 12.4 Å². The van der Waals surface area contributed by atoms with Gasteiger partial charge in [0.1, 0.15) is 0 Å². The van der Waals surface area contributed by atoms with Crippen LogP contribution in [0.5, 0.6) is 0 Å². The van der Waals surface area contributed by atoms with E-state index in [0.717, 1.165) is 28.9 Å². The van der Waals surface area contributed by atoms with Crippen molar-refractivity contribution in [2.24, 2.45) is 0 Å². The summed E-state index contributed by atoms with van der Waals surface area (Å²) in [6.07, 6.45) is 11.7. The first-order valence-corrected chi connectivity index (χ1v) is 8.09. The molecule has 0 aliphatic heterocycles. The van der Waals surface area contributed by atoms with Gasteiger partial charge in [0.05, 0.1) is 11.4 Å². The van der Waals surface area contributed by atoms with Crippen molar-refractivity contribution in [2.45, 2.75) is 6.42 Å². The Kier molecular flexibility index (Phi) is 4.25. The highest BCUT2D eigenvalue weighted by molar-refractivity contribution is 5.60. The van der Waals surface area contributed by atoms with Crippen LogP contribution in [0.1, 0.15) is 11.1 Å². The van der Waals surface area contributed by atoms with Crippen LogP contribution in [0.2, 0.25) is 0 Å². The van der Waals surface area contributed by atoms with E-state index in [1.165, 1.54) is 11.1 Å². The minimum atomic E-state index is 0.825. The molecular formula is C21H16N4. The third kappa shape index (κ3) is 3.58. The molecule has 120 valence electrons. The highest BCUT2D eigenvalue weighted by Crippen LogP contribution is 2.20. The lowest BCUT2D eigenvalue weighted by atomic mass is 10.0. The van der Waals surface area contributed by atoms with Gasteiger partial charge in [-0.2, -0.15) is 0 Å². The Hall–Kier alpha value is -3.40. The summed E-state index contributed by atoms with van der Waals surface area (Å²) in [5, 5.41) is 0. The molecule has 25 heavy (non-hydrogen) atoms. The van der Waals surface area contributed by atoms with Crippen molar-refractivity contribution >= 4 is 0 Å². The van der Waals surface area contributed by atoms with E-state index in [-0.39, 0.29) is 0 Å². The zero-order valence-corrected chi connectivity index (χ0v) is 13.6. The fourth-order valence-corrected chi connectivity index (χ4v) is 2.75. The van der Waals surface area contributed by atoms with Crippen LogP contribution in [-0.4, -0.2) is 19.9 Å². The van der Waals surface area contributed by atoms with Gasteiger partial charge in [-0.25, -0.2) is 0 Å². The maximum atomic E-state index is 4.46. The van der Waals surface area contributed by atoms with E-state index < -0.39 is 0 Å². The van der Waals surface area contributed by atoms with Gasteiger partial charge in [-0.05, 0) is 66.1 Å². The van der Waals surface area contributed by atoms with Crippen molar-refractivity contribution < 1.29 is 0 Å². The summed E-state index contributed by atoms with van der Waals surface area (Å²) in [6.45, 7) is 0. The molecule has 4 aromatic heterocycles. The largest absolute Gasteiger partial charge is 0.264 e. The standard InChI is InChI=1S/C21H16N4/c1-3-18(14-22-7-1)20-12-16(5-9-24-20)11-17-6-10-25-21(13-17)19-4-2-8-23-15-19/h1-10,12-15H,11H2. The third-order valence-electron chi connectivity index (χ3n) is 3.97. The molecule has 0 unspecified atom stereocenters. The molecule has 4 rings (SSSR count). The molecule has 0 radical (unpaired) electrons. The molecule has 0 amide bonds. The minimum absolute atomic E-state index is 0.825. The average molecular weight is 324 g/mol. The van der Waals surface area contributed by atoms with Crippen molar-refractivity contribution in [1.29, 1.82) is 0 Å². The van der Waals surface area contributed by atoms with Crippen molar-refractivity contribution in [3.8, 4) is 22.5 Å². The van der Waals surface area contributed by atoms with Crippen LogP contribution in [0.15, 0.2) is 85.7 Å².